The first kappa shape index (κ1) is 27.9. The molecular weight excluding hydrogens is 468 g/mol. The summed E-state index contributed by atoms with van der Waals surface area (Å²) in [4.78, 5) is 46.5. The molecule has 0 aliphatic carbocycles. The molecule has 2 rings (SSSR count). The second-order valence-electron chi connectivity index (χ2n) is 7.35. The third-order valence-corrected chi connectivity index (χ3v) is 4.45. The highest BCUT2D eigenvalue weighted by molar-refractivity contribution is 5.91. The summed E-state index contributed by atoms with van der Waals surface area (Å²) in [5.41, 5.74) is 1.76. The van der Waals surface area contributed by atoms with E-state index >= 15 is 0 Å². The fraction of sp³-hybridized carbons (Fsp3) is 0.308. The summed E-state index contributed by atoms with van der Waals surface area (Å²) in [6.45, 7) is 0.980. The Bertz CT molecular complexity index is 900. The average Bonchev–Trinajstić information content (AvgIpc) is 2.90. The van der Waals surface area contributed by atoms with Gasteiger partial charge in [0.2, 0.25) is 0 Å². The van der Waals surface area contributed by atoms with Crippen LogP contribution in [0.5, 0.6) is 0 Å². The van der Waals surface area contributed by atoms with Gasteiger partial charge in [-0.25, -0.2) is 19.2 Å². The van der Waals surface area contributed by atoms with Gasteiger partial charge >= 0.3 is 24.1 Å². The zero-order valence-electron chi connectivity index (χ0n) is 19.9. The number of carbonyl (C=O) groups is 4. The lowest BCUT2D eigenvalue weighted by molar-refractivity contribution is -0.140. The van der Waals surface area contributed by atoms with Gasteiger partial charge in [-0.2, -0.15) is 0 Å². The van der Waals surface area contributed by atoms with E-state index in [0.29, 0.717) is 12.8 Å². The zero-order valence-corrected chi connectivity index (χ0v) is 19.9. The highest BCUT2D eigenvalue weighted by Crippen LogP contribution is 2.01. The molecule has 0 saturated carbocycles. The highest BCUT2D eigenvalue weighted by Gasteiger charge is 2.05. The highest BCUT2D eigenvalue weighted by atomic mass is 16.6. The first-order chi connectivity index (χ1) is 17.5. The minimum absolute atomic E-state index is 0.0588. The van der Waals surface area contributed by atoms with Crippen molar-refractivity contribution in [1.82, 2.24) is 10.6 Å². The molecule has 0 saturated heterocycles. The van der Waals surface area contributed by atoms with Gasteiger partial charge in [0, 0.05) is 25.2 Å². The number of nitrogens with one attached hydrogen (secondary N) is 2. The van der Waals surface area contributed by atoms with Crippen LogP contribution in [0.4, 0.5) is 9.59 Å². The molecule has 2 N–H and O–H groups in total. The van der Waals surface area contributed by atoms with E-state index in [1.165, 1.54) is 0 Å². The second-order valence-corrected chi connectivity index (χ2v) is 7.35. The summed E-state index contributed by atoms with van der Waals surface area (Å²) in [6, 6.07) is 18.5. The van der Waals surface area contributed by atoms with Crippen molar-refractivity contribution in [2.75, 3.05) is 26.3 Å². The number of alkyl carbamates (subject to hydrolysis) is 2. The van der Waals surface area contributed by atoms with Crippen LogP contribution in [0.1, 0.15) is 24.0 Å². The SMILES string of the molecule is O=C(/C=C/C(=O)OCCCNC(=O)OCc1ccccc1)OCCCNC(=O)OCc1ccccc1. The topological polar surface area (TPSA) is 129 Å². The van der Waals surface area contributed by atoms with Gasteiger partial charge in [-0.15, -0.1) is 0 Å². The quantitative estimate of drug-likeness (QED) is 0.176. The van der Waals surface area contributed by atoms with E-state index in [2.05, 4.69) is 10.6 Å². The maximum atomic E-state index is 11.6. The van der Waals surface area contributed by atoms with Gasteiger partial charge in [0.1, 0.15) is 13.2 Å². The van der Waals surface area contributed by atoms with Crippen molar-refractivity contribution in [2.24, 2.45) is 0 Å². The smallest absolute Gasteiger partial charge is 0.407 e. The molecule has 0 aromatic heterocycles. The number of hydrogen-bond acceptors (Lipinski definition) is 8. The average molecular weight is 499 g/mol. The first-order valence-electron chi connectivity index (χ1n) is 11.4. The Morgan fingerprint density at radius 3 is 1.36 bits per heavy atom. The molecule has 0 heterocycles. The fourth-order valence-electron chi connectivity index (χ4n) is 2.65. The van der Waals surface area contributed by atoms with E-state index in [1.54, 1.807) is 0 Å². The van der Waals surface area contributed by atoms with E-state index < -0.39 is 24.1 Å². The molecule has 36 heavy (non-hydrogen) atoms. The maximum Gasteiger partial charge on any atom is 0.407 e. The monoisotopic (exact) mass is 498 g/mol. The molecular formula is C26H30N2O8. The number of hydrogen-bond donors (Lipinski definition) is 2. The van der Waals surface area contributed by atoms with Crippen LogP contribution in [0.25, 0.3) is 0 Å². The summed E-state index contributed by atoms with van der Waals surface area (Å²) < 4.78 is 20.0. The van der Waals surface area contributed by atoms with Gasteiger partial charge in [0.15, 0.2) is 0 Å². The Balaban J connectivity index is 1.43. The van der Waals surface area contributed by atoms with E-state index in [9.17, 15) is 19.2 Å². The van der Waals surface area contributed by atoms with Gasteiger partial charge in [-0.05, 0) is 24.0 Å². The number of carbonyl (C=O) groups excluding carboxylic acids is 4. The summed E-state index contributed by atoms with van der Waals surface area (Å²) in [5, 5.41) is 5.11. The summed E-state index contributed by atoms with van der Waals surface area (Å²) in [6.07, 6.45) is 1.56. The van der Waals surface area contributed by atoms with E-state index in [-0.39, 0.29) is 39.5 Å². The summed E-state index contributed by atoms with van der Waals surface area (Å²) >= 11 is 0. The minimum Gasteiger partial charge on any atom is -0.462 e. The molecule has 0 radical (unpaired) electrons. The van der Waals surface area contributed by atoms with Crippen molar-refractivity contribution >= 4 is 24.1 Å². The van der Waals surface area contributed by atoms with Crippen molar-refractivity contribution < 1.29 is 38.1 Å². The van der Waals surface area contributed by atoms with Crippen LogP contribution in [0.2, 0.25) is 0 Å². The van der Waals surface area contributed by atoms with Crippen LogP contribution in [-0.4, -0.2) is 50.4 Å². The van der Waals surface area contributed by atoms with Crippen LogP contribution in [0.3, 0.4) is 0 Å². The predicted molar refractivity (Wildman–Crippen MR) is 130 cm³/mol. The third kappa shape index (κ3) is 13.4. The van der Waals surface area contributed by atoms with E-state index in [0.717, 1.165) is 23.3 Å². The molecule has 2 aromatic rings. The molecule has 0 bridgehead atoms. The lowest BCUT2D eigenvalue weighted by Crippen LogP contribution is -2.26. The zero-order chi connectivity index (χ0) is 25.8. The molecule has 0 spiro atoms. The third-order valence-electron chi connectivity index (χ3n) is 4.45. The Morgan fingerprint density at radius 1 is 0.583 bits per heavy atom. The number of ether oxygens (including phenoxy) is 4. The number of amides is 2. The van der Waals surface area contributed by atoms with Gasteiger partial charge in [0.05, 0.1) is 13.2 Å². The van der Waals surface area contributed by atoms with Gasteiger partial charge in [-0.3, -0.25) is 0 Å². The van der Waals surface area contributed by atoms with Crippen molar-refractivity contribution in [1.29, 1.82) is 0 Å². The Labute approximate surface area is 209 Å². The first-order valence-corrected chi connectivity index (χ1v) is 11.4. The van der Waals surface area contributed by atoms with Crippen molar-refractivity contribution in [3.05, 3.63) is 83.9 Å². The molecule has 10 nitrogen and oxygen atoms in total. The van der Waals surface area contributed by atoms with Crippen LogP contribution < -0.4 is 10.6 Å². The van der Waals surface area contributed by atoms with Gasteiger partial charge in [0.25, 0.3) is 0 Å². The molecule has 0 fully saturated rings. The maximum absolute atomic E-state index is 11.6. The fourth-order valence-corrected chi connectivity index (χ4v) is 2.65. The lowest BCUT2D eigenvalue weighted by Gasteiger charge is -2.07. The van der Waals surface area contributed by atoms with Crippen molar-refractivity contribution in [2.45, 2.75) is 26.1 Å². The standard InChI is InChI=1S/C26H30N2O8/c29-23(33-17-7-15-27-25(31)35-19-21-9-3-1-4-10-21)13-14-24(30)34-18-8-16-28-26(32)36-20-22-11-5-2-6-12-22/h1-6,9-14H,7-8,15-20H2,(H,27,31)(H,28,32)/b14-13+. The van der Waals surface area contributed by atoms with Crippen LogP contribution in [-0.2, 0) is 41.8 Å². The van der Waals surface area contributed by atoms with Crippen LogP contribution >= 0.6 is 0 Å². The second kappa shape index (κ2) is 17.1. The lowest BCUT2D eigenvalue weighted by atomic mass is 10.2. The Kier molecular flexibility index (Phi) is 13.3. The number of benzene rings is 2. The van der Waals surface area contributed by atoms with Gasteiger partial charge < -0.3 is 29.6 Å². The summed E-state index contributed by atoms with van der Waals surface area (Å²) in [7, 11) is 0. The molecule has 2 aromatic carbocycles. The largest absolute Gasteiger partial charge is 0.462 e. The molecule has 10 heteroatoms. The Morgan fingerprint density at radius 2 is 0.972 bits per heavy atom. The molecule has 192 valence electrons. The van der Waals surface area contributed by atoms with Crippen LogP contribution in [0.15, 0.2) is 72.8 Å². The molecule has 0 unspecified atom stereocenters. The number of esters is 2. The summed E-state index contributed by atoms with van der Waals surface area (Å²) in [5.74, 6) is -1.41. The normalized spacial score (nSPS) is 10.3. The Hall–Kier alpha value is -4.34. The predicted octanol–water partition coefficient (Wildman–Crippen LogP) is 3.26. The molecule has 0 aliphatic rings. The van der Waals surface area contributed by atoms with Gasteiger partial charge in [-0.1, -0.05) is 60.7 Å². The number of rotatable bonds is 14. The van der Waals surface area contributed by atoms with E-state index in [1.807, 2.05) is 60.7 Å². The van der Waals surface area contributed by atoms with Crippen molar-refractivity contribution in [3.8, 4) is 0 Å². The van der Waals surface area contributed by atoms with Crippen LogP contribution in [0, 0.1) is 0 Å². The van der Waals surface area contributed by atoms with E-state index in [4.69, 9.17) is 18.9 Å². The molecule has 0 atom stereocenters. The minimum atomic E-state index is -0.707. The molecule has 0 aliphatic heterocycles. The molecule has 2 amide bonds. The van der Waals surface area contributed by atoms with Crippen molar-refractivity contribution in [3.63, 3.8) is 0 Å².